The molecule has 1 heterocycles. The van der Waals surface area contributed by atoms with Crippen LogP contribution in [0.15, 0.2) is 30.3 Å². The number of thiophene rings is 1. The minimum absolute atomic E-state index is 0.104. The smallest absolute Gasteiger partial charge is 0.341 e. The molecule has 4 nitrogen and oxygen atoms in total. The lowest BCUT2D eigenvalue weighted by Gasteiger charge is -2.08. The van der Waals surface area contributed by atoms with Crippen molar-refractivity contribution in [1.82, 2.24) is 0 Å². The van der Waals surface area contributed by atoms with Crippen LogP contribution in [-0.2, 0) is 28.8 Å². The summed E-state index contributed by atoms with van der Waals surface area (Å²) in [4.78, 5) is 26.1. The summed E-state index contributed by atoms with van der Waals surface area (Å²) in [5.41, 5.74) is 2.61. The number of anilines is 1. The fourth-order valence-corrected chi connectivity index (χ4v) is 4.50. The number of rotatable bonds is 5. The highest BCUT2D eigenvalue weighted by molar-refractivity contribution is 7.17. The maximum atomic E-state index is 12.5. The van der Waals surface area contributed by atoms with E-state index >= 15 is 0 Å². The van der Waals surface area contributed by atoms with E-state index in [1.807, 2.05) is 30.3 Å². The molecule has 0 aliphatic heterocycles. The summed E-state index contributed by atoms with van der Waals surface area (Å²) >= 11 is 1.54. The number of aryl methyl sites for hydroxylation is 1. The summed E-state index contributed by atoms with van der Waals surface area (Å²) in [7, 11) is 0. The maximum absolute atomic E-state index is 12.5. The number of ether oxygens (including phenoxy) is 1. The number of fused-ring (bicyclic) bond motifs is 1. The Balaban J connectivity index is 1.84. The van der Waals surface area contributed by atoms with Gasteiger partial charge in [-0.15, -0.1) is 11.3 Å². The molecule has 1 amide bonds. The number of hydrogen-bond acceptors (Lipinski definition) is 4. The van der Waals surface area contributed by atoms with E-state index < -0.39 is 0 Å². The van der Waals surface area contributed by atoms with Crippen LogP contribution in [0.3, 0.4) is 0 Å². The van der Waals surface area contributed by atoms with E-state index in [0.29, 0.717) is 23.6 Å². The largest absolute Gasteiger partial charge is 0.462 e. The van der Waals surface area contributed by atoms with Crippen LogP contribution >= 0.6 is 11.3 Å². The van der Waals surface area contributed by atoms with Crippen molar-refractivity contribution in [2.45, 2.75) is 45.4 Å². The van der Waals surface area contributed by atoms with E-state index in [1.54, 1.807) is 6.92 Å². The molecule has 1 aliphatic carbocycles. The summed E-state index contributed by atoms with van der Waals surface area (Å²) in [6, 6.07) is 9.61. The Morgan fingerprint density at radius 3 is 2.64 bits per heavy atom. The molecule has 1 N–H and O–H groups in total. The monoisotopic (exact) mass is 357 g/mol. The van der Waals surface area contributed by atoms with Crippen LogP contribution in [0.25, 0.3) is 0 Å². The molecule has 0 atom stereocenters. The van der Waals surface area contributed by atoms with Crippen molar-refractivity contribution < 1.29 is 14.3 Å². The van der Waals surface area contributed by atoms with E-state index in [-0.39, 0.29) is 11.9 Å². The molecule has 25 heavy (non-hydrogen) atoms. The zero-order valence-electron chi connectivity index (χ0n) is 14.5. The summed E-state index contributed by atoms with van der Waals surface area (Å²) in [6.45, 7) is 2.14. The third-order valence-corrected chi connectivity index (χ3v) is 5.57. The Morgan fingerprint density at radius 2 is 1.88 bits per heavy atom. The van der Waals surface area contributed by atoms with Gasteiger partial charge >= 0.3 is 5.97 Å². The van der Waals surface area contributed by atoms with Crippen LogP contribution in [0.5, 0.6) is 0 Å². The van der Waals surface area contributed by atoms with Crippen LogP contribution in [0.4, 0.5) is 5.00 Å². The molecule has 5 heteroatoms. The molecule has 3 rings (SSSR count). The normalized spacial score (nSPS) is 13.6. The lowest BCUT2D eigenvalue weighted by Crippen LogP contribution is -2.17. The van der Waals surface area contributed by atoms with Crippen LogP contribution in [0.1, 0.15) is 52.5 Å². The van der Waals surface area contributed by atoms with E-state index in [1.165, 1.54) is 22.6 Å². The fraction of sp³-hybridized carbons (Fsp3) is 0.400. The number of carbonyl (C=O) groups is 2. The first kappa shape index (κ1) is 17.7. The second-order valence-corrected chi connectivity index (χ2v) is 7.30. The zero-order valence-corrected chi connectivity index (χ0v) is 15.3. The predicted octanol–water partition coefficient (Wildman–Crippen LogP) is 4.37. The first-order valence-corrected chi connectivity index (χ1v) is 9.66. The van der Waals surface area contributed by atoms with E-state index in [4.69, 9.17) is 4.74 Å². The molecule has 132 valence electrons. The molecule has 0 saturated carbocycles. The molecule has 0 bridgehead atoms. The summed E-state index contributed by atoms with van der Waals surface area (Å²) in [5.74, 6) is -0.426. The Morgan fingerprint density at radius 1 is 1.12 bits per heavy atom. The average molecular weight is 357 g/mol. The van der Waals surface area contributed by atoms with Crippen molar-refractivity contribution in [3.05, 3.63) is 51.9 Å². The lowest BCUT2D eigenvalue weighted by molar-refractivity contribution is -0.115. The highest BCUT2D eigenvalue weighted by Crippen LogP contribution is 2.38. The van der Waals surface area contributed by atoms with Crippen LogP contribution in [-0.4, -0.2) is 18.5 Å². The third-order valence-electron chi connectivity index (χ3n) is 4.36. The van der Waals surface area contributed by atoms with Crippen molar-refractivity contribution in [1.29, 1.82) is 0 Å². The molecule has 0 fully saturated rings. The topological polar surface area (TPSA) is 55.4 Å². The van der Waals surface area contributed by atoms with Crippen molar-refractivity contribution in [3.8, 4) is 0 Å². The lowest BCUT2D eigenvalue weighted by atomic mass is 10.1. The van der Waals surface area contributed by atoms with E-state index in [9.17, 15) is 9.59 Å². The Bertz CT molecular complexity index is 752. The van der Waals surface area contributed by atoms with Gasteiger partial charge in [0.25, 0.3) is 0 Å². The van der Waals surface area contributed by atoms with Crippen molar-refractivity contribution in [3.63, 3.8) is 0 Å². The minimum atomic E-state index is -0.322. The number of carbonyl (C=O) groups excluding carboxylic acids is 2. The number of hydrogen-bond donors (Lipinski definition) is 1. The fourth-order valence-electron chi connectivity index (χ4n) is 3.20. The molecule has 1 aromatic heterocycles. The summed E-state index contributed by atoms with van der Waals surface area (Å²) in [5, 5.41) is 3.60. The molecule has 0 unspecified atom stereocenters. The van der Waals surface area contributed by atoms with Gasteiger partial charge in [0.1, 0.15) is 5.00 Å². The van der Waals surface area contributed by atoms with Crippen LogP contribution < -0.4 is 5.32 Å². The summed E-state index contributed by atoms with van der Waals surface area (Å²) in [6.07, 6.45) is 5.54. The van der Waals surface area contributed by atoms with E-state index in [0.717, 1.165) is 36.8 Å². The van der Waals surface area contributed by atoms with Gasteiger partial charge < -0.3 is 10.1 Å². The first-order chi connectivity index (χ1) is 12.2. The van der Waals surface area contributed by atoms with Crippen LogP contribution in [0.2, 0.25) is 0 Å². The second kappa shape index (κ2) is 8.30. The number of benzene rings is 1. The highest BCUT2D eigenvalue weighted by atomic mass is 32.1. The molecule has 0 saturated heterocycles. The molecule has 1 aromatic carbocycles. The number of nitrogens with one attached hydrogen (secondary N) is 1. The zero-order chi connectivity index (χ0) is 17.6. The molecule has 0 spiro atoms. The molecule has 2 aromatic rings. The maximum Gasteiger partial charge on any atom is 0.341 e. The van der Waals surface area contributed by atoms with Gasteiger partial charge in [-0.3, -0.25) is 4.79 Å². The Labute approximate surface area is 152 Å². The third kappa shape index (κ3) is 4.28. The SMILES string of the molecule is CCOC(=O)c1c(NC(=O)Cc2ccccc2)sc2c1CCCCC2. The van der Waals surface area contributed by atoms with Crippen molar-refractivity contribution in [2.24, 2.45) is 0 Å². The van der Waals surface area contributed by atoms with Crippen molar-refractivity contribution >= 4 is 28.2 Å². The van der Waals surface area contributed by atoms with Gasteiger partial charge in [0.05, 0.1) is 18.6 Å². The predicted molar refractivity (Wildman–Crippen MR) is 100 cm³/mol. The van der Waals surface area contributed by atoms with Gasteiger partial charge in [0.15, 0.2) is 0 Å². The van der Waals surface area contributed by atoms with Crippen molar-refractivity contribution in [2.75, 3.05) is 11.9 Å². The molecule has 0 radical (unpaired) electrons. The van der Waals surface area contributed by atoms with Gasteiger partial charge in [-0.2, -0.15) is 0 Å². The Kier molecular flexibility index (Phi) is 5.87. The Hall–Kier alpha value is -2.14. The second-order valence-electron chi connectivity index (χ2n) is 6.20. The molecular formula is C20H23NO3S. The average Bonchev–Trinajstić information content (AvgIpc) is 2.77. The quantitative estimate of drug-likeness (QED) is 0.638. The molecule has 1 aliphatic rings. The standard InChI is InChI=1S/C20H23NO3S/c1-2-24-20(23)18-15-11-7-4-8-12-16(15)25-19(18)21-17(22)13-14-9-5-3-6-10-14/h3,5-6,9-10H,2,4,7-8,11-13H2,1H3,(H,21,22). The van der Waals surface area contributed by atoms with E-state index in [2.05, 4.69) is 5.32 Å². The molecular weight excluding hydrogens is 334 g/mol. The van der Waals surface area contributed by atoms with Gasteiger partial charge in [-0.25, -0.2) is 4.79 Å². The van der Waals surface area contributed by atoms with Gasteiger partial charge in [0, 0.05) is 4.88 Å². The highest BCUT2D eigenvalue weighted by Gasteiger charge is 2.26. The number of amides is 1. The van der Waals surface area contributed by atoms with Gasteiger partial charge in [0.2, 0.25) is 5.91 Å². The summed E-state index contributed by atoms with van der Waals surface area (Å²) < 4.78 is 5.25. The van der Waals surface area contributed by atoms with Gasteiger partial charge in [-0.1, -0.05) is 36.8 Å². The van der Waals surface area contributed by atoms with Gasteiger partial charge in [-0.05, 0) is 43.7 Å². The number of esters is 1. The first-order valence-electron chi connectivity index (χ1n) is 8.84. The van der Waals surface area contributed by atoms with Crippen LogP contribution in [0, 0.1) is 0 Å². The minimum Gasteiger partial charge on any atom is -0.462 e.